The number of hydrogen-bond donors (Lipinski definition) is 2. The fourth-order valence-corrected chi connectivity index (χ4v) is 1.61. The molecule has 0 aliphatic rings. The van der Waals surface area contributed by atoms with Gasteiger partial charge in [0.15, 0.2) is 0 Å². The van der Waals surface area contributed by atoms with E-state index in [1.54, 1.807) is 0 Å². The maximum atomic E-state index is 5.52. The summed E-state index contributed by atoms with van der Waals surface area (Å²) >= 11 is 4.29. The van der Waals surface area contributed by atoms with Gasteiger partial charge in [-0.15, -0.1) is 0 Å². The number of hydrogen-bond acceptors (Lipinski definition) is 4. The molecule has 0 aliphatic carbocycles. The lowest BCUT2D eigenvalue weighted by atomic mass is 9.91. The first-order valence-electron chi connectivity index (χ1n) is 6.96. The van der Waals surface area contributed by atoms with Gasteiger partial charge in [0.25, 0.3) is 0 Å². The number of rotatable bonds is 11. The summed E-state index contributed by atoms with van der Waals surface area (Å²) in [5.74, 6) is 0. The van der Waals surface area contributed by atoms with E-state index >= 15 is 0 Å². The largest absolute Gasteiger partial charge is 0.379 e. The van der Waals surface area contributed by atoms with Crippen molar-refractivity contribution < 1.29 is 9.47 Å². The van der Waals surface area contributed by atoms with Gasteiger partial charge >= 0.3 is 0 Å². The predicted molar refractivity (Wildman–Crippen MR) is 81.6 cm³/mol. The molecule has 0 aliphatic heterocycles. The first-order valence-corrected chi connectivity index (χ1v) is 7.48. The van der Waals surface area contributed by atoms with Gasteiger partial charge in [-0.3, -0.25) is 0 Å². The molecule has 0 aromatic heterocycles. The van der Waals surface area contributed by atoms with Gasteiger partial charge in [0.1, 0.15) is 0 Å². The summed E-state index contributed by atoms with van der Waals surface area (Å²) in [6, 6.07) is 0. The van der Waals surface area contributed by atoms with Crippen LogP contribution in [0.1, 0.15) is 40.5 Å². The second-order valence-electron chi connectivity index (χ2n) is 5.94. The number of ether oxygens (including phenoxy) is 2. The Labute approximate surface area is 118 Å². The summed E-state index contributed by atoms with van der Waals surface area (Å²) in [6.07, 6.45) is 2.34. The van der Waals surface area contributed by atoms with E-state index in [0.717, 1.165) is 32.7 Å². The summed E-state index contributed by atoms with van der Waals surface area (Å²) in [4.78, 5) is 0. The Hall–Kier alpha value is 0.230. The standard InChI is InChI=1S/C14H31NO2S/c1-13(18)12-15-7-9-17-11-10-16-8-5-6-14(2,3)4/h13,15,18H,5-12H2,1-4H3. The van der Waals surface area contributed by atoms with Gasteiger partial charge in [-0.1, -0.05) is 27.7 Å². The monoisotopic (exact) mass is 277 g/mol. The topological polar surface area (TPSA) is 30.5 Å². The fourth-order valence-electron chi connectivity index (χ4n) is 1.48. The predicted octanol–water partition coefficient (Wildman–Crippen LogP) is 2.75. The molecule has 18 heavy (non-hydrogen) atoms. The minimum absolute atomic E-state index is 0.399. The molecule has 3 nitrogen and oxygen atoms in total. The highest BCUT2D eigenvalue weighted by Crippen LogP contribution is 2.20. The van der Waals surface area contributed by atoms with Gasteiger partial charge in [0.2, 0.25) is 0 Å². The lowest BCUT2D eigenvalue weighted by molar-refractivity contribution is 0.0453. The SMILES string of the molecule is CC(S)CNCCOCCOCCCC(C)(C)C. The Morgan fingerprint density at radius 3 is 2.22 bits per heavy atom. The number of nitrogens with one attached hydrogen (secondary N) is 1. The van der Waals surface area contributed by atoms with Crippen molar-refractivity contribution in [1.82, 2.24) is 5.32 Å². The summed E-state index contributed by atoms with van der Waals surface area (Å²) in [6.45, 7) is 13.6. The van der Waals surface area contributed by atoms with Crippen LogP contribution in [-0.2, 0) is 9.47 Å². The zero-order valence-corrected chi connectivity index (χ0v) is 13.4. The van der Waals surface area contributed by atoms with Crippen molar-refractivity contribution in [2.24, 2.45) is 5.41 Å². The second kappa shape index (κ2) is 11.1. The van der Waals surface area contributed by atoms with E-state index in [0.29, 0.717) is 23.9 Å². The third-order valence-corrected chi connectivity index (χ3v) is 2.63. The Morgan fingerprint density at radius 1 is 1.06 bits per heavy atom. The van der Waals surface area contributed by atoms with Crippen molar-refractivity contribution >= 4 is 12.6 Å². The van der Waals surface area contributed by atoms with Gasteiger partial charge in [-0.2, -0.15) is 12.6 Å². The molecule has 4 heteroatoms. The third kappa shape index (κ3) is 16.2. The molecule has 0 fully saturated rings. The van der Waals surface area contributed by atoms with Crippen LogP contribution >= 0.6 is 12.6 Å². The van der Waals surface area contributed by atoms with E-state index in [9.17, 15) is 0 Å². The molecule has 1 atom stereocenters. The lowest BCUT2D eigenvalue weighted by Crippen LogP contribution is -2.25. The highest BCUT2D eigenvalue weighted by atomic mass is 32.1. The average molecular weight is 277 g/mol. The highest BCUT2D eigenvalue weighted by Gasteiger charge is 2.08. The van der Waals surface area contributed by atoms with Crippen LogP contribution in [-0.4, -0.2) is 44.8 Å². The van der Waals surface area contributed by atoms with E-state index in [2.05, 4.69) is 45.6 Å². The van der Waals surface area contributed by atoms with Crippen molar-refractivity contribution in [3.05, 3.63) is 0 Å². The molecular formula is C14H31NO2S. The molecule has 0 rings (SSSR count). The molecule has 1 unspecified atom stereocenters. The quantitative estimate of drug-likeness (QED) is 0.450. The average Bonchev–Trinajstić information content (AvgIpc) is 2.24. The van der Waals surface area contributed by atoms with Crippen LogP contribution < -0.4 is 5.32 Å². The minimum Gasteiger partial charge on any atom is -0.379 e. The molecule has 0 aromatic rings. The van der Waals surface area contributed by atoms with Gasteiger partial charge in [-0.25, -0.2) is 0 Å². The molecule has 0 saturated carbocycles. The van der Waals surface area contributed by atoms with Crippen LogP contribution in [0.2, 0.25) is 0 Å². The lowest BCUT2D eigenvalue weighted by Gasteiger charge is -2.17. The summed E-state index contributed by atoms with van der Waals surface area (Å²) in [5.41, 5.74) is 0.412. The van der Waals surface area contributed by atoms with E-state index in [-0.39, 0.29) is 0 Å². The van der Waals surface area contributed by atoms with E-state index in [4.69, 9.17) is 9.47 Å². The van der Waals surface area contributed by atoms with Crippen molar-refractivity contribution in [3.63, 3.8) is 0 Å². The Balaban J connectivity index is 3.04. The molecule has 0 amide bonds. The number of thiol groups is 1. The van der Waals surface area contributed by atoms with E-state index < -0.39 is 0 Å². The zero-order chi connectivity index (χ0) is 13.9. The molecule has 0 radical (unpaired) electrons. The molecule has 0 spiro atoms. The van der Waals surface area contributed by atoms with Gasteiger partial charge < -0.3 is 14.8 Å². The normalized spacial score (nSPS) is 13.8. The Morgan fingerprint density at radius 2 is 1.67 bits per heavy atom. The zero-order valence-electron chi connectivity index (χ0n) is 12.5. The highest BCUT2D eigenvalue weighted by molar-refractivity contribution is 7.80. The maximum absolute atomic E-state index is 5.52. The van der Waals surface area contributed by atoms with Gasteiger partial charge in [-0.05, 0) is 18.3 Å². The van der Waals surface area contributed by atoms with E-state index in [1.165, 1.54) is 6.42 Å². The van der Waals surface area contributed by atoms with Crippen LogP contribution in [0.25, 0.3) is 0 Å². The Bertz CT molecular complexity index is 181. The van der Waals surface area contributed by atoms with Crippen LogP contribution in [0.5, 0.6) is 0 Å². The van der Waals surface area contributed by atoms with Crippen molar-refractivity contribution in [3.8, 4) is 0 Å². The Kier molecular flexibility index (Phi) is 11.2. The first-order chi connectivity index (χ1) is 8.42. The molecule has 0 heterocycles. The first kappa shape index (κ1) is 18.2. The fraction of sp³-hybridized carbons (Fsp3) is 1.00. The maximum Gasteiger partial charge on any atom is 0.0701 e. The molecule has 0 bridgehead atoms. The minimum atomic E-state index is 0.399. The van der Waals surface area contributed by atoms with Crippen LogP contribution in [0, 0.1) is 5.41 Å². The van der Waals surface area contributed by atoms with Gasteiger partial charge in [0.05, 0.1) is 19.8 Å². The molecular weight excluding hydrogens is 246 g/mol. The molecule has 110 valence electrons. The van der Waals surface area contributed by atoms with Crippen LogP contribution in [0.4, 0.5) is 0 Å². The molecule has 0 aromatic carbocycles. The van der Waals surface area contributed by atoms with Gasteiger partial charge in [0, 0.05) is 24.9 Å². The summed E-state index contributed by atoms with van der Waals surface area (Å²) in [5, 5.41) is 3.67. The van der Waals surface area contributed by atoms with Crippen molar-refractivity contribution in [2.75, 3.05) is 39.5 Å². The van der Waals surface area contributed by atoms with Crippen LogP contribution in [0.15, 0.2) is 0 Å². The third-order valence-electron chi connectivity index (χ3n) is 2.45. The molecule has 0 saturated heterocycles. The smallest absolute Gasteiger partial charge is 0.0701 e. The summed E-state index contributed by atoms with van der Waals surface area (Å²) < 4.78 is 11.0. The molecule has 1 N–H and O–H groups in total. The van der Waals surface area contributed by atoms with Crippen molar-refractivity contribution in [2.45, 2.75) is 45.8 Å². The summed E-state index contributed by atoms with van der Waals surface area (Å²) in [7, 11) is 0. The van der Waals surface area contributed by atoms with E-state index in [1.807, 2.05) is 0 Å². The second-order valence-corrected chi connectivity index (χ2v) is 6.82. The van der Waals surface area contributed by atoms with Crippen molar-refractivity contribution in [1.29, 1.82) is 0 Å². The van der Waals surface area contributed by atoms with Crippen LogP contribution in [0.3, 0.4) is 0 Å².